The summed E-state index contributed by atoms with van der Waals surface area (Å²) in [5.41, 5.74) is 6.77. The van der Waals surface area contributed by atoms with Gasteiger partial charge < -0.3 is 10.6 Å². The molecule has 0 amide bonds. The van der Waals surface area contributed by atoms with E-state index in [0.29, 0.717) is 11.5 Å². The summed E-state index contributed by atoms with van der Waals surface area (Å²) < 4.78 is 0. The molecule has 0 bridgehead atoms. The fraction of sp³-hybridized carbons (Fsp3) is 1.00. The van der Waals surface area contributed by atoms with Crippen molar-refractivity contribution in [1.29, 1.82) is 0 Å². The van der Waals surface area contributed by atoms with E-state index in [0.717, 1.165) is 6.54 Å². The summed E-state index contributed by atoms with van der Waals surface area (Å²) in [6.07, 6.45) is 3.92. The van der Waals surface area contributed by atoms with E-state index in [-0.39, 0.29) is 5.54 Å². The third-order valence-electron chi connectivity index (χ3n) is 5.63. The van der Waals surface area contributed by atoms with Crippen molar-refractivity contribution in [2.24, 2.45) is 11.1 Å². The second-order valence-corrected chi connectivity index (χ2v) is 8.20. The molecule has 2 saturated heterocycles. The van der Waals surface area contributed by atoms with Crippen LogP contribution in [0.5, 0.6) is 0 Å². The zero-order valence-electron chi connectivity index (χ0n) is 13.1. The largest absolute Gasteiger partial charge is 0.329 e. The number of piperidine rings is 1. The minimum atomic E-state index is 0.165. The molecule has 0 spiro atoms. The summed E-state index contributed by atoms with van der Waals surface area (Å²) in [5.74, 6) is 2.47. The van der Waals surface area contributed by atoms with Crippen LogP contribution in [-0.2, 0) is 0 Å². The van der Waals surface area contributed by atoms with Gasteiger partial charge in [0.15, 0.2) is 0 Å². The van der Waals surface area contributed by atoms with Crippen LogP contribution >= 0.6 is 11.8 Å². The number of likely N-dealkylation sites (N-methyl/N-ethyl adjacent to an activating group) is 2. The third kappa shape index (κ3) is 2.82. The van der Waals surface area contributed by atoms with Gasteiger partial charge in [-0.3, -0.25) is 4.90 Å². The molecule has 0 saturated carbocycles. The van der Waals surface area contributed by atoms with Gasteiger partial charge in [0.2, 0.25) is 0 Å². The summed E-state index contributed by atoms with van der Waals surface area (Å²) in [5, 5.41) is 0. The smallest absolute Gasteiger partial charge is 0.0473 e. The molecule has 0 aliphatic carbocycles. The Morgan fingerprint density at radius 3 is 2.74 bits per heavy atom. The Labute approximate surface area is 123 Å². The number of likely N-dealkylation sites (tertiary alicyclic amines) is 1. The van der Waals surface area contributed by atoms with E-state index in [9.17, 15) is 0 Å². The highest BCUT2D eigenvalue weighted by Gasteiger charge is 2.50. The second kappa shape index (κ2) is 5.92. The Morgan fingerprint density at radius 2 is 2.16 bits per heavy atom. The number of nitrogens with zero attached hydrogens (tertiary/aromatic N) is 2. The zero-order valence-corrected chi connectivity index (χ0v) is 13.9. The van der Waals surface area contributed by atoms with Crippen LogP contribution in [0.2, 0.25) is 0 Å². The van der Waals surface area contributed by atoms with E-state index in [4.69, 9.17) is 5.73 Å². The monoisotopic (exact) mass is 285 g/mol. The van der Waals surface area contributed by atoms with E-state index in [1.54, 1.807) is 0 Å². The summed E-state index contributed by atoms with van der Waals surface area (Å²) in [6.45, 7) is 8.06. The van der Waals surface area contributed by atoms with Gasteiger partial charge in [-0.15, -0.1) is 0 Å². The SMILES string of the molecule is CN1CCCC(N(C)C2(CN)CSCCC2(C)C)C1. The summed E-state index contributed by atoms with van der Waals surface area (Å²) >= 11 is 2.09. The number of hydrogen-bond donors (Lipinski definition) is 1. The fourth-order valence-corrected chi connectivity index (χ4v) is 5.71. The van der Waals surface area contributed by atoms with Gasteiger partial charge in [-0.2, -0.15) is 11.8 Å². The second-order valence-electron chi connectivity index (χ2n) is 7.09. The Morgan fingerprint density at radius 1 is 1.42 bits per heavy atom. The van der Waals surface area contributed by atoms with Gasteiger partial charge in [0, 0.05) is 30.4 Å². The molecule has 0 radical (unpaired) electrons. The molecule has 0 aromatic heterocycles. The first-order valence-corrected chi connectivity index (χ1v) is 8.78. The van der Waals surface area contributed by atoms with Crippen molar-refractivity contribution in [3.05, 3.63) is 0 Å². The van der Waals surface area contributed by atoms with Crippen molar-refractivity contribution in [3.63, 3.8) is 0 Å². The van der Waals surface area contributed by atoms with Crippen LogP contribution < -0.4 is 5.73 Å². The normalized spacial score (nSPS) is 36.6. The quantitative estimate of drug-likeness (QED) is 0.858. The lowest BCUT2D eigenvalue weighted by atomic mass is 9.69. The minimum Gasteiger partial charge on any atom is -0.329 e. The first-order valence-electron chi connectivity index (χ1n) is 7.62. The van der Waals surface area contributed by atoms with Gasteiger partial charge in [-0.25, -0.2) is 0 Å². The van der Waals surface area contributed by atoms with Crippen molar-refractivity contribution < 1.29 is 0 Å². The van der Waals surface area contributed by atoms with Crippen LogP contribution in [0.25, 0.3) is 0 Å². The Kier molecular flexibility index (Phi) is 4.87. The molecule has 2 N–H and O–H groups in total. The average Bonchev–Trinajstić information content (AvgIpc) is 2.38. The highest BCUT2D eigenvalue weighted by atomic mass is 32.2. The third-order valence-corrected chi connectivity index (χ3v) is 6.81. The molecule has 0 aromatic rings. The molecule has 2 unspecified atom stereocenters. The lowest BCUT2D eigenvalue weighted by Gasteiger charge is -2.57. The summed E-state index contributed by atoms with van der Waals surface area (Å²) in [6, 6.07) is 0.667. The summed E-state index contributed by atoms with van der Waals surface area (Å²) in [7, 11) is 4.57. The van der Waals surface area contributed by atoms with E-state index in [1.807, 2.05) is 0 Å². The van der Waals surface area contributed by atoms with Crippen LogP contribution in [0.3, 0.4) is 0 Å². The maximum absolute atomic E-state index is 6.29. The molecule has 2 heterocycles. The van der Waals surface area contributed by atoms with Crippen molar-refractivity contribution in [3.8, 4) is 0 Å². The van der Waals surface area contributed by atoms with Crippen molar-refractivity contribution in [1.82, 2.24) is 9.80 Å². The molecule has 2 rings (SSSR count). The molecular weight excluding hydrogens is 254 g/mol. The maximum atomic E-state index is 6.29. The molecule has 4 heteroatoms. The number of hydrogen-bond acceptors (Lipinski definition) is 4. The molecule has 19 heavy (non-hydrogen) atoms. The number of nitrogens with two attached hydrogens (primary N) is 1. The Balaban J connectivity index is 2.19. The molecule has 2 aliphatic rings. The van der Waals surface area contributed by atoms with Gasteiger partial charge in [-0.05, 0) is 51.1 Å². The van der Waals surface area contributed by atoms with E-state index < -0.39 is 0 Å². The lowest BCUT2D eigenvalue weighted by Crippen LogP contribution is -2.68. The van der Waals surface area contributed by atoms with E-state index in [1.165, 1.54) is 43.9 Å². The molecule has 3 nitrogen and oxygen atoms in total. The van der Waals surface area contributed by atoms with Crippen molar-refractivity contribution in [2.45, 2.75) is 44.7 Å². The van der Waals surface area contributed by atoms with Crippen molar-refractivity contribution >= 4 is 11.8 Å². The first-order chi connectivity index (χ1) is 8.93. The van der Waals surface area contributed by atoms with Gasteiger partial charge >= 0.3 is 0 Å². The topological polar surface area (TPSA) is 32.5 Å². The molecule has 2 aliphatic heterocycles. The standard InChI is InChI=1S/C15H31N3S/c1-14(2)7-9-19-12-15(14,11-16)18(4)13-6-5-8-17(3)10-13/h13H,5-12,16H2,1-4H3. The molecule has 2 atom stereocenters. The van der Waals surface area contributed by atoms with Crippen LogP contribution in [-0.4, -0.2) is 66.6 Å². The van der Waals surface area contributed by atoms with Gasteiger partial charge in [-0.1, -0.05) is 13.8 Å². The van der Waals surface area contributed by atoms with Gasteiger partial charge in [0.25, 0.3) is 0 Å². The van der Waals surface area contributed by atoms with Crippen LogP contribution in [0.4, 0.5) is 0 Å². The van der Waals surface area contributed by atoms with Gasteiger partial charge in [0.05, 0.1) is 0 Å². The summed E-state index contributed by atoms with van der Waals surface area (Å²) in [4.78, 5) is 5.12. The molecule has 112 valence electrons. The number of rotatable bonds is 3. The highest BCUT2D eigenvalue weighted by Crippen LogP contribution is 2.46. The lowest BCUT2D eigenvalue weighted by molar-refractivity contribution is -0.0267. The predicted molar refractivity (Wildman–Crippen MR) is 85.8 cm³/mol. The van der Waals surface area contributed by atoms with E-state index in [2.05, 4.69) is 49.5 Å². The van der Waals surface area contributed by atoms with E-state index >= 15 is 0 Å². The van der Waals surface area contributed by atoms with Gasteiger partial charge in [0.1, 0.15) is 0 Å². The Bertz CT molecular complexity index is 308. The fourth-order valence-electron chi connectivity index (χ4n) is 3.86. The number of thioether (sulfide) groups is 1. The van der Waals surface area contributed by atoms with Crippen LogP contribution in [0.1, 0.15) is 33.1 Å². The molecular formula is C15H31N3S. The zero-order chi connectivity index (χ0) is 14.1. The molecule has 2 fully saturated rings. The average molecular weight is 286 g/mol. The van der Waals surface area contributed by atoms with Crippen molar-refractivity contribution in [2.75, 3.05) is 45.2 Å². The minimum absolute atomic E-state index is 0.165. The van der Waals surface area contributed by atoms with Crippen LogP contribution in [0.15, 0.2) is 0 Å². The maximum Gasteiger partial charge on any atom is 0.0473 e. The van der Waals surface area contributed by atoms with Crippen LogP contribution in [0, 0.1) is 5.41 Å². The predicted octanol–water partition coefficient (Wildman–Crippen LogP) is 1.87. The first kappa shape index (κ1) is 15.6. The molecule has 0 aromatic carbocycles. The Hall–Kier alpha value is 0.230. The highest BCUT2D eigenvalue weighted by molar-refractivity contribution is 7.99.